The number of rotatable bonds is 3. The largest absolute Gasteiger partial charge is 0.294 e. The van der Waals surface area contributed by atoms with Crippen LogP contribution in [0.1, 0.15) is 43.0 Å². The molecule has 2 bridgehead atoms. The second-order valence-corrected chi connectivity index (χ2v) is 6.28. The van der Waals surface area contributed by atoms with Crippen LogP contribution in [0.15, 0.2) is 42.5 Å². The van der Waals surface area contributed by atoms with Gasteiger partial charge in [-0.25, -0.2) is 0 Å². The summed E-state index contributed by atoms with van der Waals surface area (Å²) in [4.78, 5) is 12.5. The second-order valence-electron chi connectivity index (χ2n) is 6.28. The van der Waals surface area contributed by atoms with Gasteiger partial charge < -0.3 is 0 Å². The first kappa shape index (κ1) is 12.7. The van der Waals surface area contributed by atoms with Gasteiger partial charge in [0, 0.05) is 11.5 Å². The van der Waals surface area contributed by atoms with Crippen molar-refractivity contribution in [1.82, 2.24) is 0 Å². The first-order valence-corrected chi connectivity index (χ1v) is 7.50. The molecule has 1 unspecified atom stereocenters. The first-order chi connectivity index (χ1) is 9.24. The van der Waals surface area contributed by atoms with Crippen LogP contribution in [0.3, 0.4) is 0 Å². The molecule has 0 aromatic heterocycles. The summed E-state index contributed by atoms with van der Waals surface area (Å²) in [5, 5.41) is 0. The fourth-order valence-electron chi connectivity index (χ4n) is 3.83. The molecule has 0 amide bonds. The van der Waals surface area contributed by atoms with E-state index in [1.54, 1.807) is 0 Å². The summed E-state index contributed by atoms with van der Waals surface area (Å²) in [5.41, 5.74) is 0.876. The van der Waals surface area contributed by atoms with E-state index in [1.807, 2.05) is 30.3 Å². The minimum atomic E-state index is 0.166. The highest BCUT2D eigenvalue weighted by Gasteiger charge is 2.34. The molecule has 100 valence electrons. The molecule has 1 fully saturated rings. The van der Waals surface area contributed by atoms with Gasteiger partial charge in [0.2, 0.25) is 0 Å². The average Bonchev–Trinajstić information content (AvgIpc) is 2.46. The van der Waals surface area contributed by atoms with E-state index in [9.17, 15) is 4.79 Å². The Hall–Kier alpha value is -1.37. The number of fused-ring (bicyclic) bond motifs is 2. The molecule has 2 aliphatic rings. The van der Waals surface area contributed by atoms with Crippen molar-refractivity contribution in [2.75, 3.05) is 0 Å². The second kappa shape index (κ2) is 5.32. The average molecular weight is 254 g/mol. The standard InChI is InChI=1S/C18H22O/c1-13(18(19)16-8-3-2-4-9-16)17-11-14-6-5-7-15(10-14)12-17/h2-6,8-9,13-15,17H,7,10-12H2,1H3/t13-,14?,15+,17+/m0/s1. The first-order valence-electron chi connectivity index (χ1n) is 7.50. The topological polar surface area (TPSA) is 17.1 Å². The molecule has 0 heterocycles. The Balaban J connectivity index is 1.72. The molecule has 1 saturated carbocycles. The van der Waals surface area contributed by atoms with Crippen LogP contribution < -0.4 is 0 Å². The van der Waals surface area contributed by atoms with Crippen LogP contribution in [0.25, 0.3) is 0 Å². The fourth-order valence-corrected chi connectivity index (χ4v) is 3.83. The number of Topliss-reactive ketones (excluding diaryl/α,β-unsaturated/α-hetero) is 1. The molecule has 0 aliphatic heterocycles. The van der Waals surface area contributed by atoms with E-state index in [1.165, 1.54) is 25.7 Å². The molecule has 19 heavy (non-hydrogen) atoms. The van der Waals surface area contributed by atoms with Gasteiger partial charge in [-0.1, -0.05) is 49.4 Å². The molecule has 4 atom stereocenters. The van der Waals surface area contributed by atoms with Crippen LogP contribution in [0.4, 0.5) is 0 Å². The lowest BCUT2D eigenvalue weighted by atomic mass is 9.66. The van der Waals surface area contributed by atoms with Gasteiger partial charge in [0.1, 0.15) is 0 Å². The van der Waals surface area contributed by atoms with Crippen LogP contribution in [0, 0.1) is 23.7 Å². The zero-order valence-corrected chi connectivity index (χ0v) is 11.6. The van der Waals surface area contributed by atoms with E-state index >= 15 is 0 Å². The van der Waals surface area contributed by atoms with Crippen molar-refractivity contribution in [1.29, 1.82) is 0 Å². The molecule has 3 rings (SSSR count). The van der Waals surface area contributed by atoms with Crippen LogP contribution in [-0.2, 0) is 0 Å². The SMILES string of the molecule is C[C@H](C(=O)c1ccccc1)[C@@H]1CC2C=CC[C@H](C2)C1. The fraction of sp³-hybridized carbons (Fsp3) is 0.500. The van der Waals surface area contributed by atoms with Crippen molar-refractivity contribution in [2.24, 2.45) is 23.7 Å². The highest BCUT2D eigenvalue weighted by atomic mass is 16.1. The molecule has 0 spiro atoms. The lowest BCUT2D eigenvalue weighted by Gasteiger charge is -2.38. The third-order valence-corrected chi connectivity index (χ3v) is 4.93. The van der Waals surface area contributed by atoms with E-state index in [4.69, 9.17) is 0 Å². The maximum Gasteiger partial charge on any atom is 0.165 e. The van der Waals surface area contributed by atoms with Crippen molar-refractivity contribution in [3.05, 3.63) is 48.0 Å². The Bertz CT molecular complexity index is 474. The minimum absolute atomic E-state index is 0.166. The zero-order chi connectivity index (χ0) is 13.2. The van der Waals surface area contributed by atoms with Crippen LogP contribution in [0.2, 0.25) is 0 Å². The van der Waals surface area contributed by atoms with Gasteiger partial charge in [-0.15, -0.1) is 0 Å². The smallest absolute Gasteiger partial charge is 0.165 e. The summed E-state index contributed by atoms with van der Waals surface area (Å²) in [5.74, 6) is 2.61. The van der Waals surface area contributed by atoms with Crippen LogP contribution >= 0.6 is 0 Å². The molecular formula is C18H22O. The Morgan fingerprint density at radius 1 is 1.16 bits per heavy atom. The number of allylic oxidation sites excluding steroid dienone is 2. The molecule has 1 aromatic rings. The van der Waals surface area contributed by atoms with Crippen molar-refractivity contribution < 1.29 is 4.79 Å². The monoisotopic (exact) mass is 254 g/mol. The van der Waals surface area contributed by atoms with E-state index in [0.29, 0.717) is 11.7 Å². The molecule has 0 N–H and O–H groups in total. The van der Waals surface area contributed by atoms with E-state index in [0.717, 1.165) is 17.4 Å². The Morgan fingerprint density at radius 2 is 1.95 bits per heavy atom. The third-order valence-electron chi connectivity index (χ3n) is 4.93. The number of ketones is 1. The van der Waals surface area contributed by atoms with Gasteiger partial charge in [0.25, 0.3) is 0 Å². The van der Waals surface area contributed by atoms with Gasteiger partial charge in [0.15, 0.2) is 5.78 Å². The molecular weight excluding hydrogens is 232 g/mol. The third kappa shape index (κ3) is 2.65. The number of hydrogen-bond donors (Lipinski definition) is 0. The summed E-state index contributed by atoms with van der Waals surface area (Å²) in [6.45, 7) is 2.13. The number of benzene rings is 1. The Kier molecular flexibility index (Phi) is 3.54. The maximum absolute atomic E-state index is 12.5. The maximum atomic E-state index is 12.5. The van der Waals surface area contributed by atoms with Gasteiger partial charge in [-0.3, -0.25) is 4.79 Å². The Morgan fingerprint density at radius 3 is 2.68 bits per heavy atom. The van der Waals surface area contributed by atoms with Crippen molar-refractivity contribution in [3.8, 4) is 0 Å². The van der Waals surface area contributed by atoms with Crippen molar-refractivity contribution in [3.63, 3.8) is 0 Å². The molecule has 0 saturated heterocycles. The minimum Gasteiger partial charge on any atom is -0.294 e. The van der Waals surface area contributed by atoms with Crippen molar-refractivity contribution >= 4 is 5.78 Å². The summed E-state index contributed by atoms with van der Waals surface area (Å²) in [7, 11) is 0. The summed E-state index contributed by atoms with van der Waals surface area (Å²) < 4.78 is 0. The van der Waals surface area contributed by atoms with Gasteiger partial charge in [0.05, 0.1) is 0 Å². The van der Waals surface area contributed by atoms with Gasteiger partial charge in [-0.2, -0.15) is 0 Å². The van der Waals surface area contributed by atoms with E-state index < -0.39 is 0 Å². The summed E-state index contributed by atoms with van der Waals surface area (Å²) in [6.07, 6.45) is 9.73. The number of carbonyl (C=O) groups is 1. The summed E-state index contributed by atoms with van der Waals surface area (Å²) >= 11 is 0. The van der Waals surface area contributed by atoms with E-state index in [2.05, 4.69) is 19.1 Å². The highest BCUT2D eigenvalue weighted by Crippen LogP contribution is 2.42. The predicted octanol–water partition coefficient (Wildman–Crippen LogP) is 4.50. The molecule has 1 heteroatoms. The van der Waals surface area contributed by atoms with Crippen LogP contribution in [0.5, 0.6) is 0 Å². The molecule has 2 aliphatic carbocycles. The van der Waals surface area contributed by atoms with Gasteiger partial charge >= 0.3 is 0 Å². The number of carbonyl (C=O) groups excluding carboxylic acids is 1. The quantitative estimate of drug-likeness (QED) is 0.573. The molecule has 1 aromatic carbocycles. The normalized spacial score (nSPS) is 30.9. The predicted molar refractivity (Wildman–Crippen MR) is 78.0 cm³/mol. The Labute approximate surface area is 115 Å². The zero-order valence-electron chi connectivity index (χ0n) is 11.6. The highest BCUT2D eigenvalue weighted by molar-refractivity contribution is 5.97. The van der Waals surface area contributed by atoms with Gasteiger partial charge in [-0.05, 0) is 43.4 Å². The van der Waals surface area contributed by atoms with E-state index in [-0.39, 0.29) is 5.92 Å². The molecule has 0 radical (unpaired) electrons. The summed E-state index contributed by atoms with van der Waals surface area (Å²) in [6, 6.07) is 9.78. The lowest BCUT2D eigenvalue weighted by molar-refractivity contribution is 0.0815. The molecule has 1 nitrogen and oxygen atoms in total. The van der Waals surface area contributed by atoms with Crippen LogP contribution in [-0.4, -0.2) is 5.78 Å². The lowest BCUT2D eigenvalue weighted by Crippen LogP contribution is -2.31. The number of hydrogen-bond acceptors (Lipinski definition) is 1. The van der Waals surface area contributed by atoms with Crippen molar-refractivity contribution in [2.45, 2.75) is 32.6 Å².